The predicted octanol–water partition coefficient (Wildman–Crippen LogP) is 5.44. The summed E-state index contributed by atoms with van der Waals surface area (Å²) < 4.78 is 1.11. The summed E-state index contributed by atoms with van der Waals surface area (Å²) in [6.07, 6.45) is 0. The molecule has 0 bridgehead atoms. The molecule has 0 saturated heterocycles. The highest BCUT2D eigenvalue weighted by atomic mass is 79.9. The van der Waals surface area contributed by atoms with Crippen molar-refractivity contribution in [3.8, 4) is 11.1 Å². The van der Waals surface area contributed by atoms with Gasteiger partial charge in [0.05, 0.1) is 0 Å². The van der Waals surface area contributed by atoms with Crippen LogP contribution in [0.15, 0.2) is 120 Å². The Balaban J connectivity index is 1.69. The third kappa shape index (κ3) is 2.58. The van der Waals surface area contributed by atoms with Gasteiger partial charge in [0.2, 0.25) is 0 Å². The molecule has 1 nitrogen and oxygen atoms in total. The van der Waals surface area contributed by atoms with Gasteiger partial charge in [0.25, 0.3) is 0 Å². The maximum absolute atomic E-state index is 3.68. The summed E-state index contributed by atoms with van der Waals surface area (Å²) in [5.41, 5.74) is 5.11. The van der Waals surface area contributed by atoms with Gasteiger partial charge < -0.3 is 4.98 Å². The number of rotatable bonds is 2. The van der Waals surface area contributed by atoms with Crippen molar-refractivity contribution in [3.63, 3.8) is 0 Å². The quantitative estimate of drug-likeness (QED) is 0.303. The van der Waals surface area contributed by atoms with E-state index in [0.29, 0.717) is 0 Å². The van der Waals surface area contributed by atoms with Gasteiger partial charge in [-0.3, -0.25) is 0 Å². The van der Waals surface area contributed by atoms with E-state index in [2.05, 4.69) is 136 Å². The van der Waals surface area contributed by atoms with Gasteiger partial charge in [0.1, 0.15) is 0 Å². The molecule has 0 radical (unpaired) electrons. The smallest absolute Gasteiger partial charge is 0.180 e. The van der Waals surface area contributed by atoms with Crippen molar-refractivity contribution < 1.29 is 0 Å². The summed E-state index contributed by atoms with van der Waals surface area (Å²) >= 11 is 3.68. The fraction of sp³-hybridized carbons (Fsp3) is 0. The molecule has 0 aliphatic carbocycles. The number of aromatic nitrogens is 1. The van der Waals surface area contributed by atoms with Gasteiger partial charge in [-0.2, -0.15) is 0 Å². The lowest BCUT2D eigenvalue weighted by molar-refractivity contribution is 1.54. The Morgan fingerprint density at radius 2 is 1.15 bits per heavy atom. The van der Waals surface area contributed by atoms with Crippen LogP contribution in [-0.2, 0) is 0 Å². The van der Waals surface area contributed by atoms with Gasteiger partial charge in [-0.05, 0) is 56.1 Å². The number of hydrogen-bond donors (Lipinski definition) is 1. The molecule has 0 fully saturated rings. The van der Waals surface area contributed by atoms with Crippen LogP contribution in [-0.4, -0.2) is 13.1 Å². The highest BCUT2D eigenvalue weighted by Crippen LogP contribution is 2.34. The van der Waals surface area contributed by atoms with Crippen LogP contribution in [0.4, 0.5) is 0 Å². The number of H-pyrrole nitrogens is 1. The molecule has 1 aliphatic rings. The molecule has 0 unspecified atom stereocenters. The van der Waals surface area contributed by atoms with Gasteiger partial charge in [-0.1, -0.05) is 107 Å². The number of aromatic amines is 1. The standard InChI is InChI=1S/C30H20BrNSi/c31-20-15-16-27-24(17-20)25-19-30-26(18-28(25)32-27)23-13-7-8-14-29(23)33(30,21-9-3-1-4-10-21)22-11-5-2-6-12-22/h1-19,32H. The third-order valence-corrected chi connectivity index (χ3v) is 12.5. The second-order valence-electron chi connectivity index (χ2n) is 8.79. The van der Waals surface area contributed by atoms with E-state index in [1.165, 1.54) is 53.7 Å². The molecule has 7 rings (SSSR count). The zero-order valence-electron chi connectivity index (χ0n) is 17.8. The van der Waals surface area contributed by atoms with Crippen molar-refractivity contribution in [2.75, 3.05) is 0 Å². The normalized spacial score (nSPS) is 13.8. The Morgan fingerprint density at radius 1 is 0.515 bits per heavy atom. The fourth-order valence-electron chi connectivity index (χ4n) is 5.81. The molecule has 0 atom stereocenters. The van der Waals surface area contributed by atoms with E-state index in [0.717, 1.165) is 4.47 Å². The summed E-state index contributed by atoms with van der Waals surface area (Å²) in [5, 5.41) is 8.39. The van der Waals surface area contributed by atoms with Crippen LogP contribution in [0.2, 0.25) is 0 Å². The van der Waals surface area contributed by atoms with E-state index in [1.807, 2.05) is 0 Å². The van der Waals surface area contributed by atoms with Crippen LogP contribution in [0, 0.1) is 0 Å². The van der Waals surface area contributed by atoms with E-state index in [9.17, 15) is 0 Å². The summed E-state index contributed by atoms with van der Waals surface area (Å²) in [4.78, 5) is 3.67. The van der Waals surface area contributed by atoms with Gasteiger partial charge in [0, 0.05) is 26.3 Å². The Kier molecular flexibility index (Phi) is 4.08. The maximum atomic E-state index is 3.68. The van der Waals surface area contributed by atoms with Gasteiger partial charge in [-0.25, -0.2) is 0 Å². The molecule has 0 saturated carbocycles. The van der Waals surface area contributed by atoms with E-state index in [4.69, 9.17) is 0 Å². The molecular formula is C30H20BrNSi. The Bertz CT molecular complexity index is 1630. The zero-order chi connectivity index (χ0) is 22.0. The van der Waals surface area contributed by atoms with Crippen molar-refractivity contribution in [1.82, 2.24) is 4.98 Å². The zero-order valence-corrected chi connectivity index (χ0v) is 20.4. The van der Waals surface area contributed by atoms with Crippen LogP contribution in [0.5, 0.6) is 0 Å². The maximum Gasteiger partial charge on any atom is 0.180 e. The monoisotopic (exact) mass is 501 g/mol. The van der Waals surface area contributed by atoms with Crippen LogP contribution in [0.1, 0.15) is 0 Å². The van der Waals surface area contributed by atoms with Crippen molar-refractivity contribution in [1.29, 1.82) is 0 Å². The van der Waals surface area contributed by atoms with Crippen LogP contribution < -0.4 is 20.7 Å². The lowest BCUT2D eigenvalue weighted by atomic mass is 10.0. The largest absolute Gasteiger partial charge is 0.354 e. The minimum Gasteiger partial charge on any atom is -0.354 e. The molecule has 0 spiro atoms. The van der Waals surface area contributed by atoms with Crippen LogP contribution in [0.3, 0.4) is 0 Å². The van der Waals surface area contributed by atoms with E-state index in [-0.39, 0.29) is 0 Å². The second kappa shape index (κ2) is 7.05. The summed E-state index contributed by atoms with van der Waals surface area (Å²) in [5.74, 6) is 0. The molecule has 1 aromatic heterocycles. The highest BCUT2D eigenvalue weighted by molar-refractivity contribution is 9.10. The lowest BCUT2D eigenvalue weighted by Crippen LogP contribution is -2.72. The van der Waals surface area contributed by atoms with Crippen molar-refractivity contribution in [2.45, 2.75) is 0 Å². The number of hydrogen-bond acceptors (Lipinski definition) is 0. The Labute approximate surface area is 201 Å². The first kappa shape index (κ1) is 19.1. The van der Waals surface area contributed by atoms with Crippen LogP contribution >= 0.6 is 15.9 Å². The molecular weight excluding hydrogens is 482 g/mol. The fourth-order valence-corrected chi connectivity index (χ4v) is 11.4. The average Bonchev–Trinajstić information content (AvgIpc) is 3.37. The number of fused-ring (bicyclic) bond motifs is 6. The van der Waals surface area contributed by atoms with E-state index >= 15 is 0 Å². The number of halogens is 1. The third-order valence-electron chi connectivity index (χ3n) is 7.14. The molecule has 0 amide bonds. The topological polar surface area (TPSA) is 15.8 Å². The molecule has 1 N–H and O–H groups in total. The van der Waals surface area contributed by atoms with Crippen molar-refractivity contribution in [2.24, 2.45) is 0 Å². The van der Waals surface area contributed by atoms with E-state index < -0.39 is 8.07 Å². The first-order chi connectivity index (χ1) is 16.3. The highest BCUT2D eigenvalue weighted by Gasteiger charge is 2.48. The van der Waals surface area contributed by atoms with Crippen molar-refractivity contribution >= 4 is 66.6 Å². The SMILES string of the molecule is Brc1ccc2[nH]c3cc4c(cc3c2c1)[Si](c1ccccc1)(c1ccccc1)c1ccccc1-4. The van der Waals surface area contributed by atoms with Crippen LogP contribution in [0.25, 0.3) is 32.9 Å². The van der Waals surface area contributed by atoms with Gasteiger partial charge in [0.15, 0.2) is 8.07 Å². The second-order valence-corrected chi connectivity index (χ2v) is 13.4. The summed E-state index contributed by atoms with van der Waals surface area (Å²) in [6.45, 7) is 0. The average molecular weight is 502 g/mol. The molecule has 33 heavy (non-hydrogen) atoms. The Morgan fingerprint density at radius 3 is 1.88 bits per heavy atom. The lowest BCUT2D eigenvalue weighted by Gasteiger charge is -2.31. The molecule has 5 aromatic carbocycles. The minimum absolute atomic E-state index is 1.11. The molecule has 2 heterocycles. The number of benzene rings is 5. The number of nitrogens with one attached hydrogen (secondary N) is 1. The first-order valence-electron chi connectivity index (χ1n) is 11.2. The molecule has 156 valence electrons. The first-order valence-corrected chi connectivity index (χ1v) is 14.0. The van der Waals surface area contributed by atoms with E-state index in [1.54, 1.807) is 0 Å². The van der Waals surface area contributed by atoms with Crippen molar-refractivity contribution in [3.05, 3.63) is 120 Å². The van der Waals surface area contributed by atoms with Gasteiger partial charge >= 0.3 is 0 Å². The molecule has 3 heteroatoms. The molecule has 6 aromatic rings. The van der Waals surface area contributed by atoms with Gasteiger partial charge in [-0.15, -0.1) is 0 Å². The minimum atomic E-state index is -2.44. The molecule has 1 aliphatic heterocycles. The summed E-state index contributed by atoms with van der Waals surface area (Å²) in [7, 11) is -2.44. The Hall–Kier alpha value is -3.40. The predicted molar refractivity (Wildman–Crippen MR) is 146 cm³/mol. The summed E-state index contributed by atoms with van der Waals surface area (Å²) in [6, 6.07) is 42.8.